The van der Waals surface area contributed by atoms with Gasteiger partial charge < -0.3 is 14.6 Å². The minimum atomic E-state index is -0.765. The van der Waals surface area contributed by atoms with Gasteiger partial charge in [0.05, 0.1) is 6.61 Å². The topological polar surface area (TPSA) is 72.8 Å². The first-order valence-corrected chi connectivity index (χ1v) is 29.2. The fourth-order valence-corrected chi connectivity index (χ4v) is 8.79. The van der Waals surface area contributed by atoms with E-state index in [9.17, 15) is 14.7 Å². The summed E-state index contributed by atoms with van der Waals surface area (Å²) in [6.45, 7) is 4.05. The van der Waals surface area contributed by atoms with Crippen molar-refractivity contribution in [2.24, 2.45) is 0 Å². The first kappa shape index (κ1) is 63.9. The maximum Gasteiger partial charge on any atom is 0.306 e. The molecule has 66 heavy (non-hydrogen) atoms. The van der Waals surface area contributed by atoms with Gasteiger partial charge in [-0.05, 0) is 51.4 Å². The molecule has 0 bridgehead atoms. The van der Waals surface area contributed by atoms with Gasteiger partial charge in [-0.1, -0.05) is 294 Å². The number of allylic oxidation sites excluding steroid dienone is 8. The Kier molecular flexibility index (Phi) is 55.3. The van der Waals surface area contributed by atoms with Crippen LogP contribution in [0.1, 0.15) is 309 Å². The highest BCUT2D eigenvalue weighted by Crippen LogP contribution is 2.18. The average molecular weight is 926 g/mol. The van der Waals surface area contributed by atoms with Gasteiger partial charge in [-0.2, -0.15) is 0 Å². The van der Waals surface area contributed by atoms with Crippen LogP contribution >= 0.6 is 0 Å². The molecule has 0 saturated carbocycles. The van der Waals surface area contributed by atoms with Crippen LogP contribution in [0.3, 0.4) is 0 Å². The molecule has 0 aromatic heterocycles. The van der Waals surface area contributed by atoms with E-state index in [0.29, 0.717) is 12.8 Å². The summed E-state index contributed by atoms with van der Waals surface area (Å²) in [5.74, 6) is -0.575. The van der Waals surface area contributed by atoms with E-state index < -0.39 is 6.10 Å². The van der Waals surface area contributed by atoms with Crippen LogP contribution in [-0.2, 0) is 19.1 Å². The highest BCUT2D eigenvalue weighted by atomic mass is 16.6. The minimum absolute atomic E-state index is 0.0592. The molecule has 1 N–H and O–H groups in total. The van der Waals surface area contributed by atoms with E-state index in [4.69, 9.17) is 9.47 Å². The molecule has 1 atom stereocenters. The maximum absolute atomic E-state index is 12.3. The molecule has 386 valence electrons. The molecule has 0 rings (SSSR count). The molecule has 0 aromatic rings. The van der Waals surface area contributed by atoms with Gasteiger partial charge in [-0.3, -0.25) is 9.59 Å². The highest BCUT2D eigenvalue weighted by molar-refractivity contribution is 5.70. The van der Waals surface area contributed by atoms with E-state index in [-0.39, 0.29) is 25.2 Å². The molecule has 5 nitrogen and oxygen atoms in total. The van der Waals surface area contributed by atoms with Crippen LogP contribution in [0.2, 0.25) is 0 Å². The van der Waals surface area contributed by atoms with E-state index >= 15 is 0 Å². The number of carbonyl (C=O) groups is 2. The summed E-state index contributed by atoms with van der Waals surface area (Å²) in [4.78, 5) is 24.4. The number of rotatable bonds is 54. The van der Waals surface area contributed by atoms with Crippen molar-refractivity contribution in [1.29, 1.82) is 0 Å². The normalized spacial score (nSPS) is 12.5. The first-order chi connectivity index (χ1) is 32.6. The smallest absolute Gasteiger partial charge is 0.306 e. The van der Waals surface area contributed by atoms with Gasteiger partial charge in [0.25, 0.3) is 0 Å². The Balaban J connectivity index is 3.34. The van der Waals surface area contributed by atoms with Gasteiger partial charge in [0.2, 0.25) is 0 Å². The maximum atomic E-state index is 12.3. The molecule has 0 amide bonds. The predicted molar refractivity (Wildman–Crippen MR) is 288 cm³/mol. The Bertz CT molecular complexity index is 1090. The summed E-state index contributed by atoms with van der Waals surface area (Å²) >= 11 is 0. The summed E-state index contributed by atoms with van der Waals surface area (Å²) < 4.78 is 10.7. The van der Waals surface area contributed by atoms with E-state index in [0.717, 1.165) is 64.2 Å². The van der Waals surface area contributed by atoms with Gasteiger partial charge in [0, 0.05) is 12.8 Å². The highest BCUT2D eigenvalue weighted by Gasteiger charge is 2.16. The van der Waals surface area contributed by atoms with Crippen LogP contribution in [0.4, 0.5) is 0 Å². The summed E-state index contributed by atoms with van der Waals surface area (Å²) in [7, 11) is 0. The standard InChI is InChI=1S/C61H112O5/c1-3-5-7-9-11-13-15-16-17-18-19-20-21-22-23-24-25-26-27-28-29-30-31-32-33-34-35-36-37-38-39-40-41-42-43-44-46-48-50-52-54-56-61(64)66-59(57-62)58-65-60(63)55-53-51-49-47-45-14-12-10-8-6-4-2/h5,7,11,13,16-17,19-20,59,62H,3-4,6,8-10,12,14-15,18,21-58H2,1-2H3/b7-5-,13-11-,17-16-,20-19-. The summed E-state index contributed by atoms with van der Waals surface area (Å²) in [6, 6.07) is 0. The third-order valence-corrected chi connectivity index (χ3v) is 13.1. The van der Waals surface area contributed by atoms with Crippen LogP contribution in [0, 0.1) is 0 Å². The van der Waals surface area contributed by atoms with Crippen LogP contribution in [0.15, 0.2) is 48.6 Å². The number of ether oxygens (including phenoxy) is 2. The van der Waals surface area contributed by atoms with Crippen molar-refractivity contribution < 1.29 is 24.2 Å². The number of hydrogen-bond donors (Lipinski definition) is 1. The van der Waals surface area contributed by atoms with Crippen molar-refractivity contribution in [1.82, 2.24) is 0 Å². The fourth-order valence-electron chi connectivity index (χ4n) is 8.79. The fraction of sp³-hybridized carbons (Fsp3) is 0.836. The Labute approximate surface area is 411 Å². The van der Waals surface area contributed by atoms with Crippen LogP contribution in [-0.4, -0.2) is 36.4 Å². The minimum Gasteiger partial charge on any atom is -0.462 e. The summed E-state index contributed by atoms with van der Waals surface area (Å²) in [5.41, 5.74) is 0. The Morgan fingerprint density at radius 1 is 0.364 bits per heavy atom. The molecule has 0 spiro atoms. The van der Waals surface area contributed by atoms with Gasteiger partial charge in [-0.15, -0.1) is 0 Å². The molecule has 1 unspecified atom stereocenters. The Morgan fingerprint density at radius 2 is 0.652 bits per heavy atom. The molecule has 0 aliphatic heterocycles. The lowest BCUT2D eigenvalue weighted by atomic mass is 10.0. The molecular formula is C61H112O5. The average Bonchev–Trinajstić information content (AvgIpc) is 3.32. The zero-order valence-electron chi connectivity index (χ0n) is 44.2. The van der Waals surface area contributed by atoms with E-state index in [2.05, 4.69) is 62.5 Å². The summed E-state index contributed by atoms with van der Waals surface area (Å²) in [5, 5.41) is 9.61. The van der Waals surface area contributed by atoms with Crippen LogP contribution in [0.5, 0.6) is 0 Å². The van der Waals surface area contributed by atoms with E-state index in [1.807, 2.05) is 0 Å². The van der Waals surface area contributed by atoms with Gasteiger partial charge in [0.15, 0.2) is 6.10 Å². The molecule has 0 fully saturated rings. The van der Waals surface area contributed by atoms with Gasteiger partial charge in [-0.25, -0.2) is 0 Å². The Hall–Kier alpha value is -2.14. The second-order valence-electron chi connectivity index (χ2n) is 19.7. The molecule has 0 aliphatic rings. The number of aliphatic hydroxyl groups is 1. The predicted octanol–water partition coefficient (Wildman–Crippen LogP) is 19.6. The molecule has 0 radical (unpaired) electrons. The number of hydrogen-bond acceptors (Lipinski definition) is 5. The quantitative estimate of drug-likeness (QED) is 0.0374. The van der Waals surface area contributed by atoms with E-state index in [1.165, 1.54) is 218 Å². The molecule has 0 aliphatic carbocycles. The van der Waals surface area contributed by atoms with Crippen molar-refractivity contribution in [3.05, 3.63) is 48.6 Å². The SMILES string of the molecule is CC/C=C\C/C=C\C/C=C\C/C=C\CCCCCCCCCCCCCCCCCCCCCCCCCCCCCCC(=O)OC(CO)COC(=O)CCCCCCCCCCCCC. The zero-order valence-corrected chi connectivity index (χ0v) is 44.2. The van der Waals surface area contributed by atoms with Crippen molar-refractivity contribution in [3.63, 3.8) is 0 Å². The van der Waals surface area contributed by atoms with Crippen molar-refractivity contribution in [2.75, 3.05) is 13.2 Å². The summed E-state index contributed by atoms with van der Waals surface area (Å²) in [6.07, 6.45) is 75.6. The van der Waals surface area contributed by atoms with Crippen LogP contribution in [0.25, 0.3) is 0 Å². The number of carbonyl (C=O) groups excluding carboxylic acids is 2. The number of esters is 2. The van der Waals surface area contributed by atoms with Gasteiger partial charge in [0.1, 0.15) is 6.61 Å². The molecule has 0 heterocycles. The van der Waals surface area contributed by atoms with Crippen molar-refractivity contribution in [2.45, 2.75) is 315 Å². The number of unbranched alkanes of at least 4 members (excludes halogenated alkanes) is 38. The largest absolute Gasteiger partial charge is 0.462 e. The molecular weight excluding hydrogens is 813 g/mol. The molecule has 0 saturated heterocycles. The molecule has 0 aromatic carbocycles. The Morgan fingerprint density at radius 3 is 0.985 bits per heavy atom. The zero-order chi connectivity index (χ0) is 47.7. The first-order valence-electron chi connectivity index (χ1n) is 29.2. The second-order valence-corrected chi connectivity index (χ2v) is 19.7. The molecule has 5 heteroatoms. The number of aliphatic hydroxyl groups excluding tert-OH is 1. The third-order valence-electron chi connectivity index (χ3n) is 13.1. The third kappa shape index (κ3) is 54.5. The second kappa shape index (κ2) is 57.2. The lowest BCUT2D eigenvalue weighted by molar-refractivity contribution is -0.161. The lowest BCUT2D eigenvalue weighted by Crippen LogP contribution is -2.28. The van der Waals surface area contributed by atoms with Gasteiger partial charge >= 0.3 is 11.9 Å². The van der Waals surface area contributed by atoms with E-state index in [1.54, 1.807) is 0 Å². The lowest BCUT2D eigenvalue weighted by Gasteiger charge is -2.15. The van der Waals surface area contributed by atoms with Crippen molar-refractivity contribution >= 4 is 11.9 Å². The monoisotopic (exact) mass is 925 g/mol. The van der Waals surface area contributed by atoms with Crippen LogP contribution < -0.4 is 0 Å². The van der Waals surface area contributed by atoms with Crippen molar-refractivity contribution in [3.8, 4) is 0 Å².